The van der Waals surface area contributed by atoms with Gasteiger partial charge in [0.2, 0.25) is 11.8 Å². The van der Waals surface area contributed by atoms with Gasteiger partial charge in [-0.25, -0.2) is 0 Å². The van der Waals surface area contributed by atoms with Crippen LogP contribution in [0.5, 0.6) is 0 Å². The van der Waals surface area contributed by atoms with Gasteiger partial charge in [-0.2, -0.15) is 0 Å². The van der Waals surface area contributed by atoms with Gasteiger partial charge in [-0.1, -0.05) is 18.9 Å². The highest BCUT2D eigenvalue weighted by molar-refractivity contribution is 5.87. The van der Waals surface area contributed by atoms with E-state index in [-0.39, 0.29) is 11.8 Å². The summed E-state index contributed by atoms with van der Waals surface area (Å²) < 4.78 is 0. The summed E-state index contributed by atoms with van der Waals surface area (Å²) in [5.41, 5.74) is 5.39. The summed E-state index contributed by atoms with van der Waals surface area (Å²) in [6, 6.07) is 0. The summed E-state index contributed by atoms with van der Waals surface area (Å²) in [5.74, 6) is -0.571. The SMILES string of the molecule is C=CC[C@H](C(N)=O)[C@@H](CC1CC1)C(=O)NCC. The van der Waals surface area contributed by atoms with Gasteiger partial charge in [0, 0.05) is 6.54 Å². The molecule has 0 aromatic rings. The van der Waals surface area contributed by atoms with Gasteiger partial charge < -0.3 is 11.1 Å². The molecule has 0 bridgehead atoms. The lowest BCUT2D eigenvalue weighted by Gasteiger charge is -2.22. The van der Waals surface area contributed by atoms with E-state index in [0.717, 1.165) is 19.3 Å². The first-order chi connectivity index (χ1) is 8.10. The van der Waals surface area contributed by atoms with Crippen molar-refractivity contribution in [3.8, 4) is 0 Å². The average molecular weight is 238 g/mol. The van der Waals surface area contributed by atoms with Crippen LogP contribution in [0.4, 0.5) is 0 Å². The fourth-order valence-electron chi connectivity index (χ4n) is 2.13. The number of nitrogens with two attached hydrogens (primary N) is 1. The first-order valence-electron chi connectivity index (χ1n) is 6.28. The summed E-state index contributed by atoms with van der Waals surface area (Å²) in [4.78, 5) is 23.4. The Kier molecular flexibility index (Phi) is 5.19. The number of allylic oxidation sites excluding steroid dienone is 1. The van der Waals surface area contributed by atoms with E-state index in [9.17, 15) is 9.59 Å². The Labute approximate surface area is 103 Å². The molecule has 0 saturated heterocycles. The molecule has 4 heteroatoms. The molecule has 1 fully saturated rings. The van der Waals surface area contributed by atoms with Gasteiger partial charge in [-0.15, -0.1) is 6.58 Å². The van der Waals surface area contributed by atoms with E-state index in [2.05, 4.69) is 11.9 Å². The largest absolute Gasteiger partial charge is 0.369 e. The molecule has 1 rings (SSSR count). The van der Waals surface area contributed by atoms with E-state index in [0.29, 0.717) is 18.9 Å². The first-order valence-corrected chi connectivity index (χ1v) is 6.28. The van der Waals surface area contributed by atoms with Crippen LogP contribution in [-0.4, -0.2) is 18.4 Å². The molecule has 0 unspecified atom stereocenters. The molecule has 0 aromatic carbocycles. The Balaban J connectivity index is 2.72. The monoisotopic (exact) mass is 238 g/mol. The predicted octanol–water partition coefficient (Wildman–Crippen LogP) is 1.22. The van der Waals surface area contributed by atoms with E-state index < -0.39 is 11.8 Å². The smallest absolute Gasteiger partial charge is 0.223 e. The van der Waals surface area contributed by atoms with E-state index in [4.69, 9.17) is 5.73 Å². The quantitative estimate of drug-likeness (QED) is 0.624. The van der Waals surface area contributed by atoms with E-state index in [1.807, 2.05) is 6.92 Å². The molecule has 2 atom stereocenters. The zero-order valence-corrected chi connectivity index (χ0v) is 10.4. The summed E-state index contributed by atoms with van der Waals surface area (Å²) in [6.07, 6.45) is 5.23. The van der Waals surface area contributed by atoms with Gasteiger partial charge in [0.05, 0.1) is 11.8 Å². The van der Waals surface area contributed by atoms with Crippen molar-refractivity contribution >= 4 is 11.8 Å². The topological polar surface area (TPSA) is 72.2 Å². The fourth-order valence-corrected chi connectivity index (χ4v) is 2.13. The lowest BCUT2D eigenvalue weighted by Crippen LogP contribution is -2.40. The van der Waals surface area contributed by atoms with Crippen LogP contribution in [0.25, 0.3) is 0 Å². The zero-order valence-electron chi connectivity index (χ0n) is 10.4. The second kappa shape index (κ2) is 6.42. The van der Waals surface area contributed by atoms with Crippen molar-refractivity contribution in [2.24, 2.45) is 23.5 Å². The van der Waals surface area contributed by atoms with Crippen molar-refractivity contribution in [2.45, 2.75) is 32.6 Å². The van der Waals surface area contributed by atoms with Crippen LogP contribution in [0.1, 0.15) is 32.6 Å². The molecular formula is C13H22N2O2. The van der Waals surface area contributed by atoms with Gasteiger partial charge >= 0.3 is 0 Å². The molecule has 3 N–H and O–H groups in total. The first kappa shape index (κ1) is 13.7. The molecule has 17 heavy (non-hydrogen) atoms. The highest BCUT2D eigenvalue weighted by atomic mass is 16.2. The van der Waals surface area contributed by atoms with E-state index >= 15 is 0 Å². The Hall–Kier alpha value is -1.32. The minimum Gasteiger partial charge on any atom is -0.369 e. The van der Waals surface area contributed by atoms with Crippen LogP contribution >= 0.6 is 0 Å². The lowest BCUT2D eigenvalue weighted by molar-refractivity contribution is -0.133. The minimum absolute atomic E-state index is 0.0509. The maximum atomic E-state index is 12.0. The Morgan fingerprint density at radius 3 is 2.53 bits per heavy atom. The van der Waals surface area contributed by atoms with Crippen LogP contribution < -0.4 is 11.1 Å². The highest BCUT2D eigenvalue weighted by Gasteiger charge is 2.36. The lowest BCUT2D eigenvalue weighted by atomic mass is 9.84. The molecular weight excluding hydrogens is 216 g/mol. The number of carbonyl (C=O) groups excluding carboxylic acids is 2. The van der Waals surface area contributed by atoms with Crippen molar-refractivity contribution in [1.29, 1.82) is 0 Å². The van der Waals surface area contributed by atoms with Crippen molar-refractivity contribution < 1.29 is 9.59 Å². The molecule has 0 spiro atoms. The van der Waals surface area contributed by atoms with Gasteiger partial charge in [-0.3, -0.25) is 9.59 Å². The van der Waals surface area contributed by atoms with Crippen molar-refractivity contribution in [3.05, 3.63) is 12.7 Å². The Morgan fingerprint density at radius 1 is 1.47 bits per heavy atom. The number of carbonyl (C=O) groups is 2. The van der Waals surface area contributed by atoms with Crippen molar-refractivity contribution in [3.63, 3.8) is 0 Å². The van der Waals surface area contributed by atoms with Gasteiger partial charge in [0.1, 0.15) is 0 Å². The molecule has 2 amide bonds. The van der Waals surface area contributed by atoms with Crippen molar-refractivity contribution in [1.82, 2.24) is 5.32 Å². The Morgan fingerprint density at radius 2 is 2.12 bits per heavy atom. The van der Waals surface area contributed by atoms with Crippen LogP contribution in [-0.2, 0) is 9.59 Å². The zero-order chi connectivity index (χ0) is 12.8. The van der Waals surface area contributed by atoms with Gasteiger partial charge in [-0.05, 0) is 25.7 Å². The van der Waals surface area contributed by atoms with Gasteiger partial charge in [0.15, 0.2) is 0 Å². The molecule has 0 aliphatic heterocycles. The van der Waals surface area contributed by atoms with E-state index in [1.54, 1.807) is 6.08 Å². The highest BCUT2D eigenvalue weighted by Crippen LogP contribution is 2.38. The normalized spacial score (nSPS) is 18.2. The maximum absolute atomic E-state index is 12.0. The fraction of sp³-hybridized carbons (Fsp3) is 0.692. The third-order valence-electron chi connectivity index (χ3n) is 3.24. The standard InChI is InChI=1S/C13H22N2O2/c1-3-5-10(12(14)16)11(8-9-6-7-9)13(17)15-4-2/h3,9-11H,1,4-8H2,2H3,(H2,14,16)(H,15,17)/t10-,11+/m0/s1. The molecule has 1 aliphatic carbocycles. The minimum atomic E-state index is -0.417. The number of primary amides is 1. The Bertz CT molecular complexity index is 298. The average Bonchev–Trinajstić information content (AvgIpc) is 3.07. The predicted molar refractivity (Wildman–Crippen MR) is 67.0 cm³/mol. The summed E-state index contributed by atoms with van der Waals surface area (Å²) in [5, 5.41) is 2.79. The molecule has 0 aromatic heterocycles. The molecule has 4 nitrogen and oxygen atoms in total. The second-order valence-electron chi connectivity index (χ2n) is 4.71. The molecule has 0 radical (unpaired) electrons. The van der Waals surface area contributed by atoms with Crippen LogP contribution in [0.15, 0.2) is 12.7 Å². The summed E-state index contributed by atoms with van der Waals surface area (Å²) in [6.45, 7) is 6.08. The third kappa shape index (κ3) is 4.21. The third-order valence-corrected chi connectivity index (χ3v) is 3.24. The number of hydrogen-bond acceptors (Lipinski definition) is 2. The maximum Gasteiger partial charge on any atom is 0.223 e. The van der Waals surface area contributed by atoms with Gasteiger partial charge in [0.25, 0.3) is 0 Å². The molecule has 96 valence electrons. The number of rotatable bonds is 8. The van der Waals surface area contributed by atoms with Crippen LogP contribution in [0.2, 0.25) is 0 Å². The van der Waals surface area contributed by atoms with Crippen LogP contribution in [0, 0.1) is 17.8 Å². The molecule has 1 aliphatic rings. The van der Waals surface area contributed by atoms with Crippen molar-refractivity contribution in [2.75, 3.05) is 6.54 Å². The summed E-state index contributed by atoms with van der Waals surface area (Å²) >= 11 is 0. The number of amides is 2. The number of nitrogens with one attached hydrogen (secondary N) is 1. The second-order valence-corrected chi connectivity index (χ2v) is 4.71. The van der Waals surface area contributed by atoms with E-state index in [1.165, 1.54) is 0 Å². The molecule has 1 saturated carbocycles. The molecule has 0 heterocycles. The van der Waals surface area contributed by atoms with Crippen LogP contribution in [0.3, 0.4) is 0 Å². The summed E-state index contributed by atoms with van der Waals surface area (Å²) in [7, 11) is 0. The number of hydrogen-bond donors (Lipinski definition) is 2.